The quantitative estimate of drug-likeness (QED) is 0.133. The maximum atomic E-state index is 6.22. The molecule has 0 saturated heterocycles. The molecule has 0 N–H and O–H groups in total. The molecule has 0 aliphatic rings. The first-order chi connectivity index (χ1) is 46.5. The molecule has 440 valence electrons. The Morgan fingerprint density at radius 3 is 1.00 bits per heavy atom. The van der Waals surface area contributed by atoms with Gasteiger partial charge in [-0.1, -0.05) is 273 Å². The molecule has 0 spiro atoms. The van der Waals surface area contributed by atoms with Crippen LogP contribution in [0.3, 0.4) is 0 Å². The van der Waals surface area contributed by atoms with E-state index in [0.29, 0.717) is 34.9 Å². The molecule has 0 saturated carbocycles. The van der Waals surface area contributed by atoms with E-state index in [1.54, 1.807) is 0 Å². The van der Waals surface area contributed by atoms with Crippen molar-refractivity contribution in [3.8, 4) is 113 Å². The lowest BCUT2D eigenvalue weighted by atomic mass is 9.97. The zero-order valence-corrected chi connectivity index (χ0v) is 50.7. The van der Waals surface area contributed by atoms with Crippen molar-refractivity contribution in [2.24, 2.45) is 0 Å². The number of fused-ring (bicyclic) bond motifs is 8. The average Bonchev–Trinajstić information content (AvgIpc) is 1.78. The largest absolute Gasteiger partial charge is 0.456 e. The standard InChI is InChI=1S/2C43H27N3O/c1-2-10-28(11-3-1)32-14-8-15-33(26-32)42-44-41(31-22-20-30(21-23-31)36-18-9-13-29-12-4-5-16-35(29)36)45-43(46-42)34-24-25-38-37-17-6-7-19-39(37)47-40(38)27-34;1-2-9-28(10-3-1)33-13-8-14-35(26-33)42-44-41(31-20-17-30(18-21-31)34-22-19-29-11-4-5-12-32(29)25-34)45-43(46-42)36-23-24-38-37-15-6-7-16-39(37)47-40(38)27-36/h2*1-27H. The van der Waals surface area contributed by atoms with E-state index in [-0.39, 0.29) is 0 Å². The number of hydrogen-bond donors (Lipinski definition) is 0. The van der Waals surface area contributed by atoms with Gasteiger partial charge in [0.05, 0.1) is 0 Å². The van der Waals surface area contributed by atoms with Crippen LogP contribution < -0.4 is 0 Å². The molecule has 18 rings (SSSR count). The summed E-state index contributed by atoms with van der Waals surface area (Å²) in [6.45, 7) is 0. The number of aromatic nitrogens is 6. The monoisotopic (exact) mass is 1200 g/mol. The van der Waals surface area contributed by atoms with Crippen molar-refractivity contribution < 1.29 is 8.83 Å². The fourth-order valence-electron chi connectivity index (χ4n) is 12.6. The van der Waals surface area contributed by atoms with Crippen LogP contribution >= 0.6 is 0 Å². The van der Waals surface area contributed by atoms with Crippen molar-refractivity contribution >= 4 is 65.4 Å². The van der Waals surface area contributed by atoms with Crippen LogP contribution in [0.15, 0.2) is 336 Å². The Labute approximate surface area is 541 Å². The molecule has 18 aromatic rings. The molecule has 0 unspecified atom stereocenters. The maximum absolute atomic E-state index is 6.22. The molecule has 0 fully saturated rings. The van der Waals surface area contributed by atoms with E-state index in [1.165, 1.54) is 32.7 Å². The van der Waals surface area contributed by atoms with E-state index in [0.717, 1.165) is 111 Å². The van der Waals surface area contributed by atoms with Crippen molar-refractivity contribution in [1.82, 2.24) is 29.9 Å². The van der Waals surface area contributed by atoms with E-state index in [1.807, 2.05) is 60.7 Å². The fourth-order valence-corrected chi connectivity index (χ4v) is 12.6. The molecule has 0 bridgehead atoms. The molecule has 14 aromatic carbocycles. The first-order valence-electron chi connectivity index (χ1n) is 31.4. The summed E-state index contributed by atoms with van der Waals surface area (Å²) in [5.41, 5.74) is 17.9. The van der Waals surface area contributed by atoms with Gasteiger partial charge in [0, 0.05) is 54.9 Å². The Bertz CT molecular complexity index is 5850. The molecular formula is C86H54N6O2. The highest BCUT2D eigenvalue weighted by Crippen LogP contribution is 2.38. The first-order valence-corrected chi connectivity index (χ1v) is 31.4. The summed E-state index contributed by atoms with van der Waals surface area (Å²) >= 11 is 0. The SMILES string of the molecule is c1ccc(-c2cccc(-c3nc(-c4ccc(-c5ccc6ccccc6c5)cc4)nc(-c4ccc5c(c4)oc4ccccc45)n3)c2)cc1.c1ccc(-c2cccc(-c3nc(-c4ccc(-c5cccc6ccccc56)cc4)nc(-c4ccc5c(c4)oc4ccccc45)n3)c2)cc1. The molecule has 0 amide bonds. The van der Waals surface area contributed by atoms with Crippen LogP contribution in [0.5, 0.6) is 0 Å². The topological polar surface area (TPSA) is 104 Å². The number of benzene rings is 14. The molecule has 4 heterocycles. The van der Waals surface area contributed by atoms with Crippen LogP contribution in [0.25, 0.3) is 178 Å². The van der Waals surface area contributed by atoms with Gasteiger partial charge in [-0.3, -0.25) is 0 Å². The summed E-state index contributed by atoms with van der Waals surface area (Å²) < 4.78 is 12.4. The third-order valence-electron chi connectivity index (χ3n) is 17.5. The van der Waals surface area contributed by atoms with E-state index in [2.05, 4.69) is 267 Å². The summed E-state index contributed by atoms with van der Waals surface area (Å²) in [4.78, 5) is 30.2. The number of furan rings is 2. The van der Waals surface area contributed by atoms with Gasteiger partial charge in [0.2, 0.25) is 0 Å². The highest BCUT2D eigenvalue weighted by molar-refractivity contribution is 6.07. The summed E-state index contributed by atoms with van der Waals surface area (Å²) in [7, 11) is 0. The van der Waals surface area contributed by atoms with Crippen molar-refractivity contribution in [3.63, 3.8) is 0 Å². The summed E-state index contributed by atoms with van der Waals surface area (Å²) in [5, 5.41) is 9.23. The minimum atomic E-state index is 0.593. The third-order valence-corrected chi connectivity index (χ3v) is 17.5. The number of rotatable bonds is 10. The normalized spacial score (nSPS) is 11.4. The van der Waals surface area contributed by atoms with Gasteiger partial charge >= 0.3 is 0 Å². The molecule has 0 aliphatic heterocycles. The van der Waals surface area contributed by atoms with Crippen LogP contribution in [-0.4, -0.2) is 29.9 Å². The molecule has 94 heavy (non-hydrogen) atoms. The van der Waals surface area contributed by atoms with Crippen LogP contribution in [0.4, 0.5) is 0 Å². The Morgan fingerprint density at radius 1 is 0.160 bits per heavy atom. The first kappa shape index (κ1) is 55.3. The highest BCUT2D eigenvalue weighted by atomic mass is 16.3. The molecule has 4 aromatic heterocycles. The van der Waals surface area contributed by atoms with E-state index >= 15 is 0 Å². The Balaban J connectivity index is 0.000000143. The minimum absolute atomic E-state index is 0.593. The van der Waals surface area contributed by atoms with Gasteiger partial charge in [0.15, 0.2) is 34.9 Å². The minimum Gasteiger partial charge on any atom is -0.456 e. The molecule has 0 atom stereocenters. The van der Waals surface area contributed by atoms with E-state index < -0.39 is 0 Å². The van der Waals surface area contributed by atoms with Crippen molar-refractivity contribution in [1.29, 1.82) is 0 Å². The van der Waals surface area contributed by atoms with E-state index in [9.17, 15) is 0 Å². The lowest BCUT2D eigenvalue weighted by Gasteiger charge is -2.11. The van der Waals surface area contributed by atoms with Crippen LogP contribution in [-0.2, 0) is 0 Å². The van der Waals surface area contributed by atoms with Gasteiger partial charge in [-0.15, -0.1) is 0 Å². The van der Waals surface area contributed by atoms with Gasteiger partial charge in [0.25, 0.3) is 0 Å². The summed E-state index contributed by atoms with van der Waals surface area (Å²) in [6, 6.07) is 113. The van der Waals surface area contributed by atoms with Crippen LogP contribution in [0.2, 0.25) is 0 Å². The molecule has 8 heteroatoms. The lowest BCUT2D eigenvalue weighted by molar-refractivity contribution is 0.668. The predicted octanol–water partition coefficient (Wildman–Crippen LogP) is 22.5. The second-order valence-electron chi connectivity index (χ2n) is 23.4. The van der Waals surface area contributed by atoms with Crippen molar-refractivity contribution in [2.45, 2.75) is 0 Å². The molecular weight excluding hydrogens is 1150 g/mol. The smallest absolute Gasteiger partial charge is 0.164 e. The van der Waals surface area contributed by atoms with Crippen molar-refractivity contribution in [2.75, 3.05) is 0 Å². The van der Waals surface area contributed by atoms with Gasteiger partial charge < -0.3 is 8.83 Å². The fraction of sp³-hybridized carbons (Fsp3) is 0. The third kappa shape index (κ3) is 10.8. The Morgan fingerprint density at radius 2 is 0.479 bits per heavy atom. The van der Waals surface area contributed by atoms with Gasteiger partial charge in [-0.05, 0) is 121 Å². The maximum Gasteiger partial charge on any atom is 0.164 e. The zero-order valence-electron chi connectivity index (χ0n) is 50.7. The summed E-state index contributed by atoms with van der Waals surface area (Å²) in [5.74, 6) is 3.65. The molecule has 0 aliphatic carbocycles. The number of hydrogen-bond acceptors (Lipinski definition) is 8. The van der Waals surface area contributed by atoms with Gasteiger partial charge in [-0.2, -0.15) is 0 Å². The van der Waals surface area contributed by atoms with E-state index in [4.69, 9.17) is 38.7 Å². The average molecular weight is 1200 g/mol. The Hall–Kier alpha value is -12.8. The second kappa shape index (κ2) is 23.9. The van der Waals surface area contributed by atoms with Gasteiger partial charge in [-0.25, -0.2) is 29.9 Å². The number of para-hydroxylation sites is 2. The van der Waals surface area contributed by atoms with Crippen molar-refractivity contribution in [3.05, 3.63) is 328 Å². The highest BCUT2D eigenvalue weighted by Gasteiger charge is 2.19. The Kier molecular flexibility index (Phi) is 14.0. The lowest BCUT2D eigenvalue weighted by Crippen LogP contribution is -2.00. The van der Waals surface area contributed by atoms with Crippen LogP contribution in [0, 0.1) is 0 Å². The zero-order chi connectivity index (χ0) is 62.3. The molecule has 0 radical (unpaired) electrons. The predicted molar refractivity (Wildman–Crippen MR) is 384 cm³/mol. The van der Waals surface area contributed by atoms with Gasteiger partial charge in [0.1, 0.15) is 22.3 Å². The second-order valence-corrected chi connectivity index (χ2v) is 23.4. The van der Waals surface area contributed by atoms with Crippen LogP contribution in [0.1, 0.15) is 0 Å². The number of nitrogens with zero attached hydrogens (tertiary/aromatic N) is 6. The molecule has 8 nitrogen and oxygen atoms in total. The summed E-state index contributed by atoms with van der Waals surface area (Å²) in [6.07, 6.45) is 0.